The third-order valence-electron chi connectivity index (χ3n) is 6.02. The van der Waals surface area contributed by atoms with Crippen LogP contribution in [0.4, 0.5) is 26.1 Å². The second-order valence-corrected chi connectivity index (χ2v) is 8.55. The van der Waals surface area contributed by atoms with Crippen molar-refractivity contribution in [3.63, 3.8) is 0 Å². The second-order valence-electron chi connectivity index (χ2n) is 8.55. The molecule has 0 spiro atoms. The molecule has 0 aromatic carbocycles. The number of rotatable bonds is 5. The molecule has 0 aliphatic heterocycles. The largest absolute Gasteiger partial charge is 0.393 e. The molecule has 10 nitrogen and oxygen atoms in total. The standard InChI is InChI=1S/C17H17F2N7O2.C5H10O/c1-21-13-5-12(24-15-10(14(20)27)8-22-26(13)15)23-11-3-2-4-25(16(11)28)9-6-17(18,19)7-9;6-5-3-1-2-4-5/h2-5,8-9,21H,6-7H2,1H3,(H2,20,27)(H,23,24);5-6H,1-4H2. The number of carbonyl (C=O) groups excluding carboxylic acids is 1. The smallest absolute Gasteiger partial charge is 0.274 e. The molecule has 0 saturated heterocycles. The first-order valence-corrected chi connectivity index (χ1v) is 11.1. The molecule has 1 amide bonds. The first kappa shape index (κ1) is 23.6. The molecule has 5 rings (SSSR count). The summed E-state index contributed by atoms with van der Waals surface area (Å²) in [5.41, 5.74) is 5.44. The molecule has 0 atom stereocenters. The lowest BCUT2D eigenvalue weighted by molar-refractivity contribution is -0.104. The lowest BCUT2D eigenvalue weighted by Crippen LogP contribution is -2.41. The molecular weight excluding hydrogens is 448 g/mol. The molecule has 2 aliphatic carbocycles. The highest BCUT2D eigenvalue weighted by Crippen LogP contribution is 2.44. The number of nitrogens with zero attached hydrogens (tertiary/aromatic N) is 4. The van der Waals surface area contributed by atoms with Gasteiger partial charge in [-0.15, -0.1) is 0 Å². The van der Waals surface area contributed by atoms with E-state index < -0.39 is 23.4 Å². The summed E-state index contributed by atoms with van der Waals surface area (Å²) < 4.78 is 29.0. The first-order valence-electron chi connectivity index (χ1n) is 11.1. The van der Waals surface area contributed by atoms with Gasteiger partial charge in [0.15, 0.2) is 5.65 Å². The van der Waals surface area contributed by atoms with Gasteiger partial charge in [-0.25, -0.2) is 13.8 Å². The van der Waals surface area contributed by atoms with Crippen LogP contribution in [-0.4, -0.2) is 49.3 Å². The maximum absolute atomic E-state index is 13.2. The minimum absolute atomic E-state index is 0.0463. The van der Waals surface area contributed by atoms with Crippen molar-refractivity contribution < 1.29 is 18.7 Å². The molecule has 2 saturated carbocycles. The number of nitrogens with two attached hydrogens (primary N) is 1. The first-order chi connectivity index (χ1) is 16.2. The number of amides is 1. The third-order valence-corrected chi connectivity index (χ3v) is 6.02. The van der Waals surface area contributed by atoms with Crippen molar-refractivity contribution >= 4 is 28.9 Å². The van der Waals surface area contributed by atoms with Gasteiger partial charge < -0.3 is 26.0 Å². The van der Waals surface area contributed by atoms with Gasteiger partial charge in [0, 0.05) is 38.2 Å². The van der Waals surface area contributed by atoms with Crippen LogP contribution < -0.4 is 21.9 Å². The zero-order chi connectivity index (χ0) is 24.5. The Morgan fingerprint density at radius 3 is 2.56 bits per heavy atom. The molecule has 182 valence electrons. The summed E-state index contributed by atoms with van der Waals surface area (Å²) >= 11 is 0. The summed E-state index contributed by atoms with van der Waals surface area (Å²) in [4.78, 5) is 28.6. The summed E-state index contributed by atoms with van der Waals surface area (Å²) in [5.74, 6) is -2.63. The number of pyridine rings is 1. The number of hydrogen-bond donors (Lipinski definition) is 4. The van der Waals surface area contributed by atoms with Gasteiger partial charge in [-0.1, -0.05) is 12.8 Å². The molecule has 12 heteroatoms. The van der Waals surface area contributed by atoms with Gasteiger partial charge in [0.25, 0.3) is 17.4 Å². The molecule has 5 N–H and O–H groups in total. The van der Waals surface area contributed by atoms with Crippen LogP contribution in [-0.2, 0) is 0 Å². The van der Waals surface area contributed by atoms with Crippen LogP contribution in [0.25, 0.3) is 5.65 Å². The number of aromatic nitrogens is 4. The molecule has 0 bridgehead atoms. The van der Waals surface area contributed by atoms with E-state index in [1.165, 1.54) is 40.4 Å². The van der Waals surface area contributed by atoms with Crippen molar-refractivity contribution in [2.75, 3.05) is 17.7 Å². The molecule has 2 fully saturated rings. The third kappa shape index (κ3) is 4.86. The van der Waals surface area contributed by atoms with E-state index in [1.807, 2.05) is 0 Å². The van der Waals surface area contributed by atoms with Gasteiger partial charge in [-0.05, 0) is 25.0 Å². The van der Waals surface area contributed by atoms with E-state index >= 15 is 0 Å². The number of nitrogens with one attached hydrogen (secondary N) is 2. The molecular formula is C22H27F2N7O3. The second kappa shape index (κ2) is 9.37. The Morgan fingerprint density at radius 2 is 2.00 bits per heavy atom. The van der Waals surface area contributed by atoms with Crippen molar-refractivity contribution in [1.29, 1.82) is 0 Å². The van der Waals surface area contributed by atoms with Crippen LogP contribution in [0.15, 0.2) is 35.4 Å². The zero-order valence-electron chi connectivity index (χ0n) is 18.7. The summed E-state index contributed by atoms with van der Waals surface area (Å²) in [7, 11) is 1.66. The maximum atomic E-state index is 13.2. The summed E-state index contributed by atoms with van der Waals surface area (Å²) in [5, 5.41) is 18.6. The number of primary amides is 1. The fourth-order valence-electron chi connectivity index (χ4n) is 4.14. The van der Waals surface area contributed by atoms with Crippen LogP contribution in [0.3, 0.4) is 0 Å². The zero-order valence-corrected chi connectivity index (χ0v) is 18.7. The Hall–Kier alpha value is -3.54. The Balaban J connectivity index is 0.000000398. The van der Waals surface area contributed by atoms with Crippen LogP contribution in [0, 0.1) is 0 Å². The Kier molecular flexibility index (Phi) is 6.51. The SMILES string of the molecule is CNc1cc(Nc2cccn(C3CC(F)(F)C3)c2=O)nc2c(C(N)=O)cnn12.OC1CCCC1. The summed E-state index contributed by atoms with van der Waals surface area (Å²) in [6, 6.07) is 4.19. The molecule has 34 heavy (non-hydrogen) atoms. The quantitative estimate of drug-likeness (QED) is 0.445. The Bertz CT molecular complexity index is 1240. The monoisotopic (exact) mass is 475 g/mol. The van der Waals surface area contributed by atoms with Gasteiger partial charge in [0.05, 0.1) is 12.3 Å². The maximum Gasteiger partial charge on any atom is 0.274 e. The van der Waals surface area contributed by atoms with Gasteiger partial charge >= 0.3 is 0 Å². The average molecular weight is 476 g/mol. The van der Waals surface area contributed by atoms with Gasteiger partial charge in [0.1, 0.15) is 22.9 Å². The highest BCUT2D eigenvalue weighted by atomic mass is 19.3. The number of alkyl halides is 2. The normalized spacial score (nSPS) is 17.6. The average Bonchev–Trinajstić information content (AvgIpc) is 3.42. The van der Waals surface area contributed by atoms with E-state index in [1.54, 1.807) is 19.2 Å². The Labute approximate surface area is 193 Å². The minimum Gasteiger partial charge on any atom is -0.393 e. The number of anilines is 3. The number of fused-ring (bicyclic) bond motifs is 1. The lowest BCUT2D eigenvalue weighted by Gasteiger charge is -2.36. The highest BCUT2D eigenvalue weighted by molar-refractivity contribution is 5.98. The minimum atomic E-state index is -2.73. The van der Waals surface area contributed by atoms with E-state index in [-0.39, 0.29) is 41.7 Å². The molecule has 3 heterocycles. The fraction of sp³-hybridized carbons (Fsp3) is 0.455. The van der Waals surface area contributed by atoms with E-state index in [0.717, 1.165) is 12.8 Å². The van der Waals surface area contributed by atoms with E-state index in [0.29, 0.717) is 5.82 Å². The number of aliphatic hydroxyl groups is 1. The number of hydrogen-bond acceptors (Lipinski definition) is 7. The lowest BCUT2D eigenvalue weighted by atomic mass is 9.88. The van der Waals surface area contributed by atoms with Crippen LogP contribution >= 0.6 is 0 Å². The molecule has 3 aromatic rings. The summed E-state index contributed by atoms with van der Waals surface area (Å²) in [6.07, 6.45) is 6.68. The van der Waals surface area contributed by atoms with Crippen LogP contribution in [0.5, 0.6) is 0 Å². The predicted octanol–water partition coefficient (Wildman–Crippen LogP) is 2.67. The molecule has 0 unspecified atom stereocenters. The van der Waals surface area contributed by atoms with Crippen LogP contribution in [0.1, 0.15) is 54.9 Å². The van der Waals surface area contributed by atoms with E-state index in [9.17, 15) is 18.4 Å². The van der Waals surface area contributed by atoms with Gasteiger partial charge in [-0.3, -0.25) is 9.59 Å². The van der Waals surface area contributed by atoms with Gasteiger partial charge in [-0.2, -0.15) is 9.61 Å². The molecule has 3 aromatic heterocycles. The van der Waals surface area contributed by atoms with Crippen molar-refractivity contribution in [3.8, 4) is 0 Å². The molecule has 2 aliphatic rings. The van der Waals surface area contributed by atoms with E-state index in [2.05, 4.69) is 20.7 Å². The Morgan fingerprint density at radius 1 is 1.29 bits per heavy atom. The predicted molar refractivity (Wildman–Crippen MR) is 123 cm³/mol. The van der Waals surface area contributed by atoms with Gasteiger partial charge in [0.2, 0.25) is 0 Å². The van der Waals surface area contributed by atoms with Crippen molar-refractivity contribution in [1.82, 2.24) is 19.2 Å². The topological polar surface area (TPSA) is 140 Å². The van der Waals surface area contributed by atoms with Crippen LogP contribution in [0.2, 0.25) is 0 Å². The number of halogens is 2. The van der Waals surface area contributed by atoms with Crippen molar-refractivity contribution in [2.24, 2.45) is 5.73 Å². The highest BCUT2D eigenvalue weighted by Gasteiger charge is 2.46. The molecule has 0 radical (unpaired) electrons. The van der Waals surface area contributed by atoms with Crippen molar-refractivity contribution in [3.05, 3.63) is 46.5 Å². The van der Waals surface area contributed by atoms with E-state index in [4.69, 9.17) is 10.8 Å². The van der Waals surface area contributed by atoms with Crippen molar-refractivity contribution in [2.45, 2.75) is 56.6 Å². The fourth-order valence-corrected chi connectivity index (χ4v) is 4.14. The number of carbonyl (C=O) groups is 1. The summed E-state index contributed by atoms with van der Waals surface area (Å²) in [6.45, 7) is 0. The number of aliphatic hydroxyl groups excluding tert-OH is 1.